The molecule has 0 aromatic carbocycles. The zero-order valence-electron chi connectivity index (χ0n) is 6.35. The Balaban J connectivity index is 2.75. The summed E-state index contributed by atoms with van der Waals surface area (Å²) in [7, 11) is 0. The number of aliphatic hydroxyl groups is 1. The van der Waals surface area contributed by atoms with Gasteiger partial charge in [-0.05, 0) is 19.9 Å². The summed E-state index contributed by atoms with van der Waals surface area (Å²) < 4.78 is 0. The number of aliphatic hydroxyl groups excluding tert-OH is 1. The summed E-state index contributed by atoms with van der Waals surface area (Å²) in [6, 6.07) is 0. The zero-order valence-corrected chi connectivity index (χ0v) is 6.35. The molecule has 0 rings (SSSR count). The Kier molecular flexibility index (Phi) is 5.99. The highest BCUT2D eigenvalue weighted by atomic mass is 16.3. The van der Waals surface area contributed by atoms with Crippen molar-refractivity contribution < 1.29 is 5.11 Å². The average Bonchev–Trinajstić information content (AvgIpc) is 1.80. The molecule has 0 radical (unpaired) electrons. The third kappa shape index (κ3) is 7.92. The Hall–Kier alpha value is -0.0800. The Morgan fingerprint density at radius 3 is 2.67 bits per heavy atom. The summed E-state index contributed by atoms with van der Waals surface area (Å²) in [6.45, 7) is 5.70. The van der Waals surface area contributed by atoms with Crippen LogP contribution in [0.25, 0.3) is 0 Å². The zero-order chi connectivity index (χ0) is 7.11. The van der Waals surface area contributed by atoms with E-state index in [1.807, 2.05) is 0 Å². The molecule has 0 saturated carbocycles. The van der Waals surface area contributed by atoms with Crippen LogP contribution in [0.1, 0.15) is 26.7 Å². The first kappa shape index (κ1) is 8.92. The second kappa shape index (κ2) is 6.05. The average molecular weight is 131 g/mol. The van der Waals surface area contributed by atoms with E-state index in [9.17, 15) is 0 Å². The molecule has 0 bridgehead atoms. The second-order valence-electron chi connectivity index (χ2n) is 2.41. The van der Waals surface area contributed by atoms with Crippen molar-refractivity contribution in [1.29, 1.82) is 0 Å². The summed E-state index contributed by atoms with van der Waals surface area (Å²) in [4.78, 5) is 0. The van der Waals surface area contributed by atoms with Gasteiger partial charge < -0.3 is 10.4 Å². The fraction of sp³-hybridized carbons (Fsp3) is 1.00. The largest absolute Gasteiger partial charge is 0.392 e. The third-order valence-electron chi connectivity index (χ3n) is 1.15. The maximum absolute atomic E-state index is 8.79. The van der Waals surface area contributed by atoms with Gasteiger partial charge in [-0.1, -0.05) is 13.3 Å². The van der Waals surface area contributed by atoms with E-state index in [0.717, 1.165) is 13.1 Å². The minimum Gasteiger partial charge on any atom is -0.392 e. The molecule has 0 aromatic rings. The first-order valence-corrected chi connectivity index (χ1v) is 3.66. The lowest BCUT2D eigenvalue weighted by Gasteiger charge is -2.04. The molecule has 0 saturated heterocycles. The Bertz CT molecular complexity index is 54.9. The van der Waals surface area contributed by atoms with Crippen molar-refractivity contribution in [3.63, 3.8) is 0 Å². The van der Waals surface area contributed by atoms with Gasteiger partial charge in [0, 0.05) is 6.54 Å². The van der Waals surface area contributed by atoms with E-state index < -0.39 is 0 Å². The minimum absolute atomic E-state index is 0.207. The van der Waals surface area contributed by atoms with E-state index in [1.54, 1.807) is 6.92 Å². The van der Waals surface area contributed by atoms with Crippen molar-refractivity contribution in [3.05, 3.63) is 0 Å². The van der Waals surface area contributed by atoms with Crippen LogP contribution in [0.4, 0.5) is 0 Å². The molecular formula is C7H17NO. The van der Waals surface area contributed by atoms with Gasteiger partial charge in [-0.25, -0.2) is 0 Å². The van der Waals surface area contributed by atoms with Gasteiger partial charge in [0.2, 0.25) is 0 Å². The molecule has 0 aromatic heterocycles. The highest BCUT2D eigenvalue weighted by Crippen LogP contribution is 1.82. The number of nitrogens with one attached hydrogen (secondary N) is 1. The summed E-state index contributed by atoms with van der Waals surface area (Å²) in [6.07, 6.45) is 2.21. The van der Waals surface area contributed by atoms with E-state index in [0.29, 0.717) is 0 Å². The van der Waals surface area contributed by atoms with E-state index in [-0.39, 0.29) is 6.10 Å². The Labute approximate surface area is 57.3 Å². The molecule has 1 atom stereocenters. The number of unbranched alkanes of at least 4 members (excludes halogenated alkanes) is 1. The van der Waals surface area contributed by atoms with Crippen LogP contribution in [0.3, 0.4) is 0 Å². The Morgan fingerprint density at radius 1 is 1.56 bits per heavy atom. The molecule has 2 N–H and O–H groups in total. The van der Waals surface area contributed by atoms with E-state index in [4.69, 9.17) is 5.11 Å². The van der Waals surface area contributed by atoms with Gasteiger partial charge in [0.15, 0.2) is 0 Å². The first-order valence-electron chi connectivity index (χ1n) is 3.66. The monoisotopic (exact) mass is 131 g/mol. The molecular weight excluding hydrogens is 114 g/mol. The lowest BCUT2D eigenvalue weighted by atomic mass is 10.3. The second-order valence-corrected chi connectivity index (χ2v) is 2.41. The van der Waals surface area contributed by atoms with Crippen LogP contribution >= 0.6 is 0 Å². The van der Waals surface area contributed by atoms with Gasteiger partial charge in [0.05, 0.1) is 6.10 Å². The van der Waals surface area contributed by atoms with Crippen molar-refractivity contribution in [2.75, 3.05) is 13.1 Å². The fourth-order valence-corrected chi connectivity index (χ4v) is 0.613. The molecule has 0 unspecified atom stereocenters. The molecule has 2 heteroatoms. The molecule has 9 heavy (non-hydrogen) atoms. The normalized spacial score (nSPS) is 13.7. The molecule has 0 fully saturated rings. The van der Waals surface area contributed by atoms with E-state index in [1.165, 1.54) is 12.8 Å². The molecule has 0 aliphatic heterocycles. The topological polar surface area (TPSA) is 32.3 Å². The van der Waals surface area contributed by atoms with Crippen LogP contribution in [0.2, 0.25) is 0 Å². The van der Waals surface area contributed by atoms with Crippen molar-refractivity contribution in [2.24, 2.45) is 0 Å². The smallest absolute Gasteiger partial charge is 0.0636 e. The van der Waals surface area contributed by atoms with Crippen LogP contribution in [0.5, 0.6) is 0 Å². The van der Waals surface area contributed by atoms with Gasteiger partial charge in [0.1, 0.15) is 0 Å². The molecule has 0 heterocycles. The molecule has 0 amide bonds. The highest BCUT2D eigenvalue weighted by Gasteiger charge is 1.91. The first-order chi connectivity index (χ1) is 4.27. The number of hydrogen-bond acceptors (Lipinski definition) is 2. The SMILES string of the molecule is CCCCNC[C@@H](C)O. The van der Waals surface area contributed by atoms with Gasteiger partial charge in [0.25, 0.3) is 0 Å². The predicted octanol–water partition coefficient (Wildman–Crippen LogP) is 0.757. The minimum atomic E-state index is -0.207. The van der Waals surface area contributed by atoms with Crippen LogP contribution in [-0.4, -0.2) is 24.3 Å². The summed E-state index contributed by atoms with van der Waals surface area (Å²) in [5.74, 6) is 0. The van der Waals surface area contributed by atoms with Gasteiger partial charge in [-0.2, -0.15) is 0 Å². The van der Waals surface area contributed by atoms with Crippen LogP contribution in [-0.2, 0) is 0 Å². The number of hydrogen-bond donors (Lipinski definition) is 2. The highest BCUT2D eigenvalue weighted by molar-refractivity contribution is 4.51. The van der Waals surface area contributed by atoms with E-state index >= 15 is 0 Å². The molecule has 56 valence electrons. The standard InChI is InChI=1S/C7H17NO/c1-3-4-5-8-6-7(2)9/h7-9H,3-6H2,1-2H3/t7-/m1/s1. The maximum Gasteiger partial charge on any atom is 0.0636 e. The molecule has 0 aliphatic rings. The van der Waals surface area contributed by atoms with Gasteiger partial charge in [-0.15, -0.1) is 0 Å². The summed E-state index contributed by atoms with van der Waals surface area (Å²) >= 11 is 0. The summed E-state index contributed by atoms with van der Waals surface area (Å²) in [5, 5.41) is 11.9. The van der Waals surface area contributed by atoms with Gasteiger partial charge in [-0.3, -0.25) is 0 Å². The lowest BCUT2D eigenvalue weighted by molar-refractivity contribution is 0.191. The van der Waals surface area contributed by atoms with Crippen LogP contribution in [0.15, 0.2) is 0 Å². The lowest BCUT2D eigenvalue weighted by Crippen LogP contribution is -2.25. The fourth-order valence-electron chi connectivity index (χ4n) is 0.613. The number of rotatable bonds is 5. The van der Waals surface area contributed by atoms with E-state index in [2.05, 4.69) is 12.2 Å². The maximum atomic E-state index is 8.79. The molecule has 2 nitrogen and oxygen atoms in total. The third-order valence-corrected chi connectivity index (χ3v) is 1.15. The van der Waals surface area contributed by atoms with Crippen LogP contribution in [0, 0.1) is 0 Å². The van der Waals surface area contributed by atoms with Crippen molar-refractivity contribution in [1.82, 2.24) is 5.32 Å². The predicted molar refractivity (Wildman–Crippen MR) is 39.5 cm³/mol. The van der Waals surface area contributed by atoms with Gasteiger partial charge >= 0.3 is 0 Å². The van der Waals surface area contributed by atoms with Crippen molar-refractivity contribution in [3.8, 4) is 0 Å². The molecule has 0 spiro atoms. The van der Waals surface area contributed by atoms with Crippen molar-refractivity contribution >= 4 is 0 Å². The quantitative estimate of drug-likeness (QED) is 0.540. The van der Waals surface area contributed by atoms with Crippen LogP contribution < -0.4 is 5.32 Å². The summed E-state index contributed by atoms with van der Waals surface area (Å²) in [5.41, 5.74) is 0. The molecule has 0 aliphatic carbocycles. The van der Waals surface area contributed by atoms with Crippen molar-refractivity contribution in [2.45, 2.75) is 32.8 Å². The Morgan fingerprint density at radius 2 is 2.22 bits per heavy atom.